The second-order valence-corrected chi connectivity index (χ2v) is 7.62. The molecule has 0 spiro atoms. The van der Waals surface area contributed by atoms with Crippen LogP contribution in [0.5, 0.6) is 5.75 Å². The minimum Gasteiger partial charge on any atom is -0.507 e. The van der Waals surface area contributed by atoms with Gasteiger partial charge in [0.05, 0.1) is 11.3 Å². The summed E-state index contributed by atoms with van der Waals surface area (Å²) >= 11 is 1.15. The van der Waals surface area contributed by atoms with Crippen LogP contribution in [0.1, 0.15) is 11.1 Å². The third-order valence-electron chi connectivity index (χ3n) is 4.57. The zero-order valence-corrected chi connectivity index (χ0v) is 16.8. The number of fused-ring (bicyclic) bond motifs is 1. The first-order valence-corrected chi connectivity index (χ1v) is 10.0. The molecule has 0 unspecified atom stereocenters. The molecule has 4 rings (SSSR count). The molecule has 0 saturated carbocycles. The minimum atomic E-state index is -0.152. The van der Waals surface area contributed by atoms with Crippen LogP contribution in [0.15, 0.2) is 64.2 Å². The highest BCUT2D eigenvalue weighted by molar-refractivity contribution is 7.99. The number of hydrogen-bond acceptors (Lipinski definition) is 6. The van der Waals surface area contributed by atoms with E-state index in [-0.39, 0.29) is 28.5 Å². The Morgan fingerprint density at radius 3 is 2.45 bits per heavy atom. The SMILES string of the molecule is Cc1cccc(C)c1NC(=O)CSc1nnc(-c2cc3ccccc3cc2O)o1. The summed E-state index contributed by atoms with van der Waals surface area (Å²) < 4.78 is 5.65. The van der Waals surface area contributed by atoms with Crippen LogP contribution in [-0.2, 0) is 4.79 Å². The highest BCUT2D eigenvalue weighted by atomic mass is 32.2. The predicted octanol–water partition coefficient (Wildman–Crippen LogP) is 4.94. The van der Waals surface area contributed by atoms with Gasteiger partial charge in [0, 0.05) is 5.69 Å². The first kappa shape index (κ1) is 19.0. The van der Waals surface area contributed by atoms with Crippen molar-refractivity contribution in [2.24, 2.45) is 0 Å². The van der Waals surface area contributed by atoms with Gasteiger partial charge < -0.3 is 14.8 Å². The zero-order chi connectivity index (χ0) is 20.4. The number of nitrogens with one attached hydrogen (secondary N) is 1. The van der Waals surface area contributed by atoms with Crippen LogP contribution in [0.25, 0.3) is 22.2 Å². The molecule has 0 saturated heterocycles. The van der Waals surface area contributed by atoms with E-state index in [9.17, 15) is 9.90 Å². The van der Waals surface area contributed by atoms with Gasteiger partial charge in [0.2, 0.25) is 5.91 Å². The lowest BCUT2D eigenvalue weighted by molar-refractivity contribution is -0.113. The fraction of sp³-hybridized carbons (Fsp3) is 0.136. The van der Waals surface area contributed by atoms with E-state index in [1.807, 2.05) is 56.3 Å². The average Bonchev–Trinajstić information content (AvgIpc) is 3.17. The molecule has 29 heavy (non-hydrogen) atoms. The van der Waals surface area contributed by atoms with Gasteiger partial charge in [-0.05, 0) is 47.9 Å². The molecule has 0 radical (unpaired) electrons. The second-order valence-electron chi connectivity index (χ2n) is 6.69. The summed E-state index contributed by atoms with van der Waals surface area (Å²) in [6.07, 6.45) is 0. The molecule has 1 heterocycles. The predicted molar refractivity (Wildman–Crippen MR) is 114 cm³/mol. The van der Waals surface area contributed by atoms with Crippen LogP contribution in [0, 0.1) is 13.8 Å². The Morgan fingerprint density at radius 1 is 1.03 bits per heavy atom. The molecule has 3 aromatic carbocycles. The largest absolute Gasteiger partial charge is 0.507 e. The van der Waals surface area contributed by atoms with Crippen LogP contribution >= 0.6 is 11.8 Å². The molecule has 146 valence electrons. The molecule has 1 amide bonds. The van der Waals surface area contributed by atoms with E-state index in [1.54, 1.807) is 12.1 Å². The number of rotatable bonds is 5. The molecule has 0 bridgehead atoms. The number of phenolic OH excluding ortho intramolecular Hbond substituents is 1. The molecule has 0 aliphatic rings. The van der Waals surface area contributed by atoms with Crippen molar-refractivity contribution in [3.05, 3.63) is 65.7 Å². The van der Waals surface area contributed by atoms with Crippen molar-refractivity contribution in [1.29, 1.82) is 0 Å². The molecule has 0 atom stereocenters. The average molecular weight is 405 g/mol. The number of para-hydroxylation sites is 1. The van der Waals surface area contributed by atoms with Crippen molar-refractivity contribution in [3.8, 4) is 17.2 Å². The maximum atomic E-state index is 12.3. The molecule has 1 aromatic heterocycles. The van der Waals surface area contributed by atoms with Crippen molar-refractivity contribution in [2.45, 2.75) is 19.1 Å². The van der Waals surface area contributed by atoms with Crippen LogP contribution in [0.2, 0.25) is 0 Å². The zero-order valence-electron chi connectivity index (χ0n) is 16.0. The summed E-state index contributed by atoms with van der Waals surface area (Å²) in [6, 6.07) is 17.0. The van der Waals surface area contributed by atoms with Crippen molar-refractivity contribution >= 4 is 34.1 Å². The summed E-state index contributed by atoms with van der Waals surface area (Å²) in [6.45, 7) is 3.91. The van der Waals surface area contributed by atoms with E-state index in [2.05, 4.69) is 15.5 Å². The van der Waals surface area contributed by atoms with Gasteiger partial charge >= 0.3 is 0 Å². The van der Waals surface area contributed by atoms with Crippen LogP contribution in [0.4, 0.5) is 5.69 Å². The van der Waals surface area contributed by atoms with Gasteiger partial charge in [0.15, 0.2) is 0 Å². The molecule has 0 fully saturated rings. The Balaban J connectivity index is 1.46. The van der Waals surface area contributed by atoms with E-state index in [4.69, 9.17) is 4.42 Å². The van der Waals surface area contributed by atoms with Crippen molar-refractivity contribution in [1.82, 2.24) is 10.2 Å². The normalized spacial score (nSPS) is 11.0. The number of carbonyl (C=O) groups excluding carboxylic acids is 1. The summed E-state index contributed by atoms with van der Waals surface area (Å²) in [7, 11) is 0. The van der Waals surface area contributed by atoms with Crippen molar-refractivity contribution in [2.75, 3.05) is 11.1 Å². The smallest absolute Gasteiger partial charge is 0.277 e. The fourth-order valence-electron chi connectivity index (χ4n) is 3.09. The number of anilines is 1. The number of benzene rings is 3. The van der Waals surface area contributed by atoms with Gasteiger partial charge in [-0.1, -0.05) is 54.2 Å². The number of aryl methyl sites for hydroxylation is 2. The van der Waals surface area contributed by atoms with Crippen LogP contribution < -0.4 is 5.32 Å². The highest BCUT2D eigenvalue weighted by Crippen LogP contribution is 2.33. The van der Waals surface area contributed by atoms with Crippen molar-refractivity contribution < 1.29 is 14.3 Å². The summed E-state index contributed by atoms with van der Waals surface area (Å²) in [5.74, 6) is 0.266. The molecule has 0 aliphatic carbocycles. The Morgan fingerprint density at radius 2 is 1.72 bits per heavy atom. The maximum absolute atomic E-state index is 12.3. The van der Waals surface area contributed by atoms with Gasteiger partial charge in [-0.3, -0.25) is 4.79 Å². The molecule has 2 N–H and O–H groups in total. The monoisotopic (exact) mass is 405 g/mol. The number of nitrogens with zero attached hydrogens (tertiary/aromatic N) is 2. The fourth-order valence-corrected chi connectivity index (χ4v) is 3.65. The topological polar surface area (TPSA) is 88.2 Å². The minimum absolute atomic E-state index is 0.0664. The van der Waals surface area contributed by atoms with E-state index >= 15 is 0 Å². The van der Waals surface area contributed by atoms with Gasteiger partial charge in [0.1, 0.15) is 5.75 Å². The van der Waals surface area contributed by atoms with Gasteiger partial charge in [0.25, 0.3) is 11.1 Å². The first-order chi connectivity index (χ1) is 14.0. The lowest BCUT2D eigenvalue weighted by atomic mass is 10.1. The van der Waals surface area contributed by atoms with E-state index in [0.717, 1.165) is 39.3 Å². The molecular weight excluding hydrogens is 386 g/mol. The number of aromatic hydroxyl groups is 1. The molecule has 0 aliphatic heterocycles. The Labute approximate surface area is 172 Å². The molecule has 6 nitrogen and oxygen atoms in total. The quantitative estimate of drug-likeness (QED) is 0.457. The second kappa shape index (κ2) is 7.97. The molecule has 7 heteroatoms. The number of carbonyl (C=O) groups is 1. The van der Waals surface area contributed by atoms with E-state index in [0.29, 0.717) is 5.56 Å². The maximum Gasteiger partial charge on any atom is 0.277 e. The lowest BCUT2D eigenvalue weighted by Gasteiger charge is -2.10. The summed E-state index contributed by atoms with van der Waals surface area (Å²) in [5, 5.41) is 23.4. The third-order valence-corrected chi connectivity index (χ3v) is 5.39. The number of aromatic nitrogens is 2. The Hall–Kier alpha value is -3.32. The summed E-state index contributed by atoms with van der Waals surface area (Å²) in [5.41, 5.74) is 3.30. The van der Waals surface area contributed by atoms with Gasteiger partial charge in [-0.15, -0.1) is 10.2 Å². The van der Waals surface area contributed by atoms with Crippen LogP contribution in [-0.4, -0.2) is 27.0 Å². The van der Waals surface area contributed by atoms with Gasteiger partial charge in [-0.2, -0.15) is 0 Å². The van der Waals surface area contributed by atoms with E-state index in [1.165, 1.54) is 0 Å². The van der Waals surface area contributed by atoms with Crippen molar-refractivity contribution in [3.63, 3.8) is 0 Å². The first-order valence-electron chi connectivity index (χ1n) is 9.06. The van der Waals surface area contributed by atoms with Gasteiger partial charge in [-0.25, -0.2) is 0 Å². The Bertz CT molecular complexity index is 1180. The number of hydrogen-bond donors (Lipinski definition) is 2. The standard InChI is InChI=1S/C22H19N3O3S/c1-13-6-5-7-14(2)20(13)23-19(27)12-29-22-25-24-21(28-22)17-10-15-8-3-4-9-16(15)11-18(17)26/h3-11,26H,12H2,1-2H3,(H,23,27). The highest BCUT2D eigenvalue weighted by Gasteiger charge is 2.15. The third kappa shape index (κ3) is 4.09. The number of thioether (sulfide) groups is 1. The number of amides is 1. The Kier molecular flexibility index (Phi) is 5.22. The number of phenols is 1. The molecular formula is C22H19N3O3S. The summed E-state index contributed by atoms with van der Waals surface area (Å²) in [4.78, 5) is 12.3. The van der Waals surface area contributed by atoms with Crippen LogP contribution in [0.3, 0.4) is 0 Å². The molecule has 4 aromatic rings. The lowest BCUT2D eigenvalue weighted by Crippen LogP contribution is -2.15. The van der Waals surface area contributed by atoms with E-state index < -0.39 is 0 Å².